The number of nitrogens with zero attached hydrogens (tertiary/aromatic N) is 1. The highest BCUT2D eigenvalue weighted by atomic mass is 16.5. The van der Waals surface area contributed by atoms with Crippen LogP contribution in [0.25, 0.3) is 0 Å². The zero-order valence-electron chi connectivity index (χ0n) is 11.3. The highest BCUT2D eigenvalue weighted by Gasteiger charge is 2.14. The summed E-state index contributed by atoms with van der Waals surface area (Å²) in [6.07, 6.45) is 0.897. The Labute approximate surface area is 113 Å². The number of ether oxygens (including phenoxy) is 1. The first-order chi connectivity index (χ1) is 9.19. The van der Waals surface area contributed by atoms with E-state index >= 15 is 0 Å². The molecule has 0 atom stereocenters. The summed E-state index contributed by atoms with van der Waals surface area (Å²) < 4.78 is 5.25. The van der Waals surface area contributed by atoms with Crippen molar-refractivity contribution >= 4 is 17.3 Å². The molecule has 104 valence electrons. The van der Waals surface area contributed by atoms with E-state index in [0.717, 1.165) is 36.4 Å². The quantitative estimate of drug-likeness (QED) is 0.798. The number of carbonyl (C=O) groups excluding carboxylic acids is 1. The highest BCUT2D eigenvalue weighted by molar-refractivity contribution is 5.92. The predicted molar refractivity (Wildman–Crippen MR) is 76.1 cm³/mol. The number of nitrogens with one attached hydrogen (secondary N) is 1. The van der Waals surface area contributed by atoms with E-state index in [1.165, 1.54) is 0 Å². The van der Waals surface area contributed by atoms with Crippen LogP contribution < -0.4 is 11.1 Å². The lowest BCUT2D eigenvalue weighted by Gasteiger charge is -2.25. The third kappa shape index (κ3) is 3.94. The number of anilines is 2. The molecule has 0 bridgehead atoms. The maximum Gasteiger partial charge on any atom is 0.238 e. The third-order valence-corrected chi connectivity index (χ3v) is 3.28. The molecule has 0 aromatic heterocycles. The molecule has 2 rings (SSSR count). The summed E-state index contributed by atoms with van der Waals surface area (Å²) >= 11 is 0. The maximum absolute atomic E-state index is 11.9. The molecule has 0 radical (unpaired) electrons. The van der Waals surface area contributed by atoms with E-state index in [0.29, 0.717) is 19.8 Å². The number of morpholine rings is 1. The van der Waals surface area contributed by atoms with Crippen molar-refractivity contribution in [3.05, 3.63) is 23.8 Å². The van der Waals surface area contributed by atoms with Gasteiger partial charge in [-0.1, -0.05) is 13.0 Å². The fraction of sp³-hybridized carbons (Fsp3) is 0.500. The minimum Gasteiger partial charge on any atom is -0.398 e. The number of hydrogen-bond acceptors (Lipinski definition) is 4. The number of aryl methyl sites for hydroxylation is 1. The van der Waals surface area contributed by atoms with Crippen LogP contribution in [0, 0.1) is 0 Å². The largest absolute Gasteiger partial charge is 0.398 e. The van der Waals surface area contributed by atoms with Gasteiger partial charge in [-0.05, 0) is 24.1 Å². The number of carbonyl (C=O) groups is 1. The van der Waals surface area contributed by atoms with E-state index in [9.17, 15) is 4.79 Å². The molecular formula is C14H21N3O2. The number of benzene rings is 1. The topological polar surface area (TPSA) is 67.6 Å². The Hall–Kier alpha value is -1.59. The first-order valence-corrected chi connectivity index (χ1v) is 6.67. The Balaban J connectivity index is 1.89. The van der Waals surface area contributed by atoms with Crippen LogP contribution >= 0.6 is 0 Å². The molecule has 0 saturated carbocycles. The summed E-state index contributed by atoms with van der Waals surface area (Å²) in [5.41, 5.74) is 8.50. The van der Waals surface area contributed by atoms with Crippen LogP contribution in [-0.2, 0) is 16.0 Å². The molecule has 1 aromatic carbocycles. The van der Waals surface area contributed by atoms with Gasteiger partial charge in [-0.2, -0.15) is 0 Å². The molecule has 1 aliphatic rings. The first-order valence-electron chi connectivity index (χ1n) is 6.67. The lowest BCUT2D eigenvalue weighted by atomic mass is 10.1. The van der Waals surface area contributed by atoms with Crippen molar-refractivity contribution in [3.8, 4) is 0 Å². The van der Waals surface area contributed by atoms with Gasteiger partial charge in [0.15, 0.2) is 0 Å². The molecule has 0 unspecified atom stereocenters. The molecular weight excluding hydrogens is 242 g/mol. The molecule has 1 heterocycles. The van der Waals surface area contributed by atoms with Crippen molar-refractivity contribution in [2.45, 2.75) is 13.3 Å². The van der Waals surface area contributed by atoms with Gasteiger partial charge in [0.05, 0.1) is 19.8 Å². The molecule has 1 aromatic rings. The zero-order valence-corrected chi connectivity index (χ0v) is 11.3. The number of rotatable bonds is 4. The highest BCUT2D eigenvalue weighted by Crippen LogP contribution is 2.18. The lowest BCUT2D eigenvalue weighted by molar-refractivity contribution is -0.118. The molecule has 5 nitrogen and oxygen atoms in total. The first kappa shape index (κ1) is 13.8. The van der Waals surface area contributed by atoms with E-state index in [1.807, 2.05) is 18.2 Å². The lowest BCUT2D eigenvalue weighted by Crippen LogP contribution is -2.41. The third-order valence-electron chi connectivity index (χ3n) is 3.28. The van der Waals surface area contributed by atoms with E-state index in [1.54, 1.807) is 0 Å². The molecule has 1 amide bonds. The average Bonchev–Trinajstić information content (AvgIpc) is 2.40. The van der Waals surface area contributed by atoms with E-state index < -0.39 is 0 Å². The molecule has 1 saturated heterocycles. The van der Waals surface area contributed by atoms with Crippen LogP contribution in [0.4, 0.5) is 11.4 Å². The molecule has 1 fully saturated rings. The monoisotopic (exact) mass is 263 g/mol. The fourth-order valence-corrected chi connectivity index (χ4v) is 2.16. The molecule has 19 heavy (non-hydrogen) atoms. The van der Waals surface area contributed by atoms with Gasteiger partial charge in [-0.15, -0.1) is 0 Å². The van der Waals surface area contributed by atoms with E-state index in [4.69, 9.17) is 10.5 Å². The summed E-state index contributed by atoms with van der Waals surface area (Å²) in [7, 11) is 0. The molecule has 1 aliphatic heterocycles. The smallest absolute Gasteiger partial charge is 0.238 e. The van der Waals surface area contributed by atoms with E-state index in [-0.39, 0.29) is 5.91 Å². The molecule has 0 spiro atoms. The summed E-state index contributed by atoms with van der Waals surface area (Å²) in [6.45, 7) is 5.48. The Bertz CT molecular complexity index is 442. The Morgan fingerprint density at radius 1 is 1.42 bits per heavy atom. The fourth-order valence-electron chi connectivity index (χ4n) is 2.16. The second-order valence-corrected chi connectivity index (χ2v) is 4.70. The van der Waals surface area contributed by atoms with E-state index in [2.05, 4.69) is 17.1 Å². The SMILES string of the molecule is CCc1ccc(NC(=O)CN2CCOCC2)cc1N. The Morgan fingerprint density at radius 2 is 2.16 bits per heavy atom. The van der Waals surface area contributed by atoms with Crippen LogP contribution in [0.1, 0.15) is 12.5 Å². The zero-order chi connectivity index (χ0) is 13.7. The summed E-state index contributed by atoms with van der Waals surface area (Å²) in [5, 5.41) is 2.88. The average molecular weight is 263 g/mol. The van der Waals surface area contributed by atoms with Crippen LogP contribution in [0.5, 0.6) is 0 Å². The summed E-state index contributed by atoms with van der Waals surface area (Å²) in [6, 6.07) is 5.67. The van der Waals surface area contributed by atoms with Crippen molar-refractivity contribution in [1.82, 2.24) is 4.90 Å². The van der Waals surface area contributed by atoms with Crippen molar-refractivity contribution in [3.63, 3.8) is 0 Å². The number of amides is 1. The minimum atomic E-state index is -0.00875. The maximum atomic E-state index is 11.9. The number of nitrogens with two attached hydrogens (primary N) is 1. The minimum absolute atomic E-state index is 0.00875. The van der Waals surface area contributed by atoms with Crippen LogP contribution in [0.15, 0.2) is 18.2 Å². The second-order valence-electron chi connectivity index (χ2n) is 4.70. The van der Waals surface area contributed by atoms with Crippen LogP contribution in [0.2, 0.25) is 0 Å². The van der Waals surface area contributed by atoms with Crippen molar-refractivity contribution in [2.24, 2.45) is 0 Å². The van der Waals surface area contributed by atoms with Crippen LogP contribution in [0.3, 0.4) is 0 Å². The van der Waals surface area contributed by atoms with Crippen LogP contribution in [-0.4, -0.2) is 43.7 Å². The standard InChI is InChI=1S/C14H21N3O2/c1-2-11-3-4-12(9-13(11)15)16-14(18)10-17-5-7-19-8-6-17/h3-4,9H,2,5-8,10,15H2,1H3,(H,16,18). The molecule has 3 N–H and O–H groups in total. The van der Waals surface area contributed by atoms with Gasteiger partial charge in [-0.25, -0.2) is 0 Å². The molecule has 0 aliphatic carbocycles. The summed E-state index contributed by atoms with van der Waals surface area (Å²) in [5.74, 6) is -0.00875. The van der Waals surface area contributed by atoms with Gasteiger partial charge >= 0.3 is 0 Å². The number of nitrogen functional groups attached to an aromatic ring is 1. The van der Waals surface area contributed by atoms with Crippen molar-refractivity contribution < 1.29 is 9.53 Å². The van der Waals surface area contributed by atoms with Gasteiger partial charge in [0.25, 0.3) is 0 Å². The summed E-state index contributed by atoms with van der Waals surface area (Å²) in [4.78, 5) is 14.0. The Kier molecular flexibility index (Phi) is 4.76. The van der Waals surface area contributed by atoms with Crippen molar-refractivity contribution in [2.75, 3.05) is 43.9 Å². The normalized spacial score (nSPS) is 16.3. The molecule has 5 heteroatoms. The second kappa shape index (κ2) is 6.54. The van der Waals surface area contributed by atoms with Gasteiger partial charge in [-0.3, -0.25) is 9.69 Å². The number of hydrogen-bond donors (Lipinski definition) is 2. The van der Waals surface area contributed by atoms with Gasteiger partial charge in [0.2, 0.25) is 5.91 Å². The Morgan fingerprint density at radius 3 is 2.79 bits per heavy atom. The van der Waals surface area contributed by atoms with Gasteiger partial charge in [0.1, 0.15) is 0 Å². The van der Waals surface area contributed by atoms with Gasteiger partial charge < -0.3 is 15.8 Å². The predicted octanol–water partition coefficient (Wildman–Crippen LogP) is 1.10. The van der Waals surface area contributed by atoms with Gasteiger partial charge in [0, 0.05) is 24.5 Å². The van der Waals surface area contributed by atoms with Crippen molar-refractivity contribution in [1.29, 1.82) is 0 Å².